The highest BCUT2D eigenvalue weighted by Gasteiger charge is 2.26. The van der Waals surface area contributed by atoms with Gasteiger partial charge in [-0.05, 0) is 70.3 Å². The number of carbonyl (C=O) groups is 1. The minimum Gasteiger partial charge on any atom is -0.496 e. The van der Waals surface area contributed by atoms with Crippen molar-refractivity contribution in [2.75, 3.05) is 39.1 Å². The highest BCUT2D eigenvalue weighted by molar-refractivity contribution is 6.32. The molecule has 216 valence electrons. The maximum absolute atomic E-state index is 12.7. The molecule has 3 rings (SSSR count). The number of likely N-dealkylation sites (N-methyl/N-ethyl adjacent to an activating group) is 1. The van der Waals surface area contributed by atoms with Crippen LogP contribution in [0.15, 0.2) is 82.8 Å². The molecule has 0 bridgehead atoms. The number of anilines is 1. The van der Waals surface area contributed by atoms with E-state index in [1.165, 1.54) is 6.08 Å². The molecule has 9 nitrogen and oxygen atoms in total. The fourth-order valence-corrected chi connectivity index (χ4v) is 4.13. The lowest BCUT2D eigenvalue weighted by molar-refractivity contribution is -0.117. The lowest BCUT2D eigenvalue weighted by atomic mass is 9.95. The zero-order valence-corrected chi connectivity index (χ0v) is 24.7. The van der Waals surface area contributed by atoms with Crippen LogP contribution in [0.4, 0.5) is 5.69 Å². The van der Waals surface area contributed by atoms with Crippen molar-refractivity contribution in [3.8, 4) is 11.8 Å². The van der Waals surface area contributed by atoms with Gasteiger partial charge in [0.25, 0.3) is 0 Å². The molecule has 1 aliphatic carbocycles. The standard InChI is InChI=1S/C31H37ClN6O3/c1-5-40-30-17-27(36-19-22(2)18-33)23(15-28(30)37-31(39)10-8-14-38(3)4)20-35-24-11-12-29(26(32)16-24)41-21-25-9-6-7-13-34-25/h6-13,16-17,19,22,28,35H,5,14-15,20-21H2,1-4H3,(H,37,39)/b10-8+,36-19-/t22-,28?/m1/s1. The van der Waals surface area contributed by atoms with Gasteiger partial charge in [-0.1, -0.05) is 23.7 Å². The summed E-state index contributed by atoms with van der Waals surface area (Å²) in [6.07, 6.45) is 9.00. The highest BCUT2D eigenvalue weighted by atomic mass is 35.5. The first-order chi connectivity index (χ1) is 19.8. The molecule has 41 heavy (non-hydrogen) atoms. The third-order valence-electron chi connectivity index (χ3n) is 5.98. The molecule has 2 aromatic rings. The van der Waals surface area contributed by atoms with Crippen LogP contribution in [0.5, 0.6) is 5.75 Å². The Morgan fingerprint density at radius 3 is 2.83 bits per heavy atom. The number of nitriles is 1. The van der Waals surface area contributed by atoms with E-state index in [1.807, 2.05) is 68.4 Å². The van der Waals surface area contributed by atoms with Crippen molar-refractivity contribution >= 4 is 29.4 Å². The fraction of sp³-hybridized carbons (Fsp3) is 0.355. The molecular formula is C31H37ClN6O3. The van der Waals surface area contributed by atoms with Crippen molar-refractivity contribution in [2.24, 2.45) is 10.9 Å². The molecule has 0 radical (unpaired) electrons. The number of rotatable bonds is 14. The number of hydrogen-bond acceptors (Lipinski definition) is 8. The van der Waals surface area contributed by atoms with Gasteiger partial charge in [0.1, 0.15) is 18.1 Å². The van der Waals surface area contributed by atoms with E-state index >= 15 is 0 Å². The van der Waals surface area contributed by atoms with E-state index in [1.54, 1.807) is 25.4 Å². The van der Waals surface area contributed by atoms with Gasteiger partial charge in [-0.3, -0.25) is 14.8 Å². The monoisotopic (exact) mass is 576 g/mol. The summed E-state index contributed by atoms with van der Waals surface area (Å²) in [4.78, 5) is 23.5. The molecule has 2 atom stereocenters. The van der Waals surface area contributed by atoms with E-state index in [0.29, 0.717) is 55.0 Å². The number of amides is 1. The molecule has 2 N–H and O–H groups in total. The van der Waals surface area contributed by atoms with Gasteiger partial charge in [-0.2, -0.15) is 5.26 Å². The number of benzene rings is 1. The maximum atomic E-state index is 12.7. The molecule has 0 saturated heterocycles. The Morgan fingerprint density at radius 1 is 1.32 bits per heavy atom. The van der Waals surface area contributed by atoms with Crippen molar-refractivity contribution in [2.45, 2.75) is 32.9 Å². The summed E-state index contributed by atoms with van der Waals surface area (Å²) in [6.45, 7) is 5.53. The van der Waals surface area contributed by atoms with E-state index in [2.05, 4.69) is 26.7 Å². The Morgan fingerprint density at radius 2 is 2.15 bits per heavy atom. The number of halogens is 1. The van der Waals surface area contributed by atoms with E-state index in [0.717, 1.165) is 17.0 Å². The Bertz CT molecular complexity index is 1330. The van der Waals surface area contributed by atoms with Gasteiger partial charge in [0, 0.05) is 43.3 Å². The van der Waals surface area contributed by atoms with E-state index < -0.39 is 0 Å². The second kappa shape index (κ2) is 16.2. The SMILES string of the molecule is CCOC1=CC(/N=C\[C@H](C)C#N)=C(CNc2ccc(OCc3ccccn3)c(Cl)c2)CC1NC(=O)/C=C/CN(C)C. The second-order valence-corrected chi connectivity index (χ2v) is 10.1. The van der Waals surface area contributed by atoms with Crippen molar-refractivity contribution in [1.82, 2.24) is 15.2 Å². The Balaban J connectivity index is 1.76. The summed E-state index contributed by atoms with van der Waals surface area (Å²) in [7, 11) is 3.88. The average molecular weight is 577 g/mol. The Kier molecular flexibility index (Phi) is 12.4. The van der Waals surface area contributed by atoms with Gasteiger partial charge in [-0.15, -0.1) is 0 Å². The van der Waals surface area contributed by atoms with Crippen molar-refractivity contribution in [1.29, 1.82) is 5.26 Å². The van der Waals surface area contributed by atoms with Crippen LogP contribution in [0.2, 0.25) is 5.02 Å². The Labute approximate surface area is 247 Å². The number of aromatic nitrogens is 1. The zero-order valence-electron chi connectivity index (χ0n) is 23.9. The quantitative estimate of drug-likeness (QED) is 0.237. The number of pyridine rings is 1. The summed E-state index contributed by atoms with van der Waals surface area (Å²) in [5.74, 6) is 0.634. The molecule has 1 heterocycles. The smallest absolute Gasteiger partial charge is 0.244 e. The lowest BCUT2D eigenvalue weighted by Gasteiger charge is -2.27. The van der Waals surface area contributed by atoms with Gasteiger partial charge in [0.15, 0.2) is 0 Å². The van der Waals surface area contributed by atoms with Gasteiger partial charge in [0.05, 0.1) is 41.0 Å². The van der Waals surface area contributed by atoms with Gasteiger partial charge < -0.3 is 25.0 Å². The largest absolute Gasteiger partial charge is 0.496 e. The van der Waals surface area contributed by atoms with Crippen LogP contribution in [-0.4, -0.2) is 61.8 Å². The summed E-state index contributed by atoms with van der Waals surface area (Å²) in [5.41, 5.74) is 3.25. The predicted molar refractivity (Wildman–Crippen MR) is 163 cm³/mol. The summed E-state index contributed by atoms with van der Waals surface area (Å²) < 4.78 is 11.7. The average Bonchev–Trinajstić information content (AvgIpc) is 2.96. The number of ether oxygens (including phenoxy) is 2. The van der Waals surface area contributed by atoms with Crippen LogP contribution in [0, 0.1) is 17.2 Å². The van der Waals surface area contributed by atoms with E-state index in [9.17, 15) is 10.1 Å². The topological polar surface area (TPSA) is 112 Å². The first-order valence-electron chi connectivity index (χ1n) is 13.5. The van der Waals surface area contributed by atoms with Crippen LogP contribution >= 0.6 is 11.6 Å². The van der Waals surface area contributed by atoms with Crippen molar-refractivity contribution in [3.63, 3.8) is 0 Å². The lowest BCUT2D eigenvalue weighted by Crippen LogP contribution is -2.38. The molecule has 1 aliphatic rings. The summed E-state index contributed by atoms with van der Waals surface area (Å²) in [5, 5.41) is 16.1. The van der Waals surface area contributed by atoms with Gasteiger partial charge in [-0.25, -0.2) is 0 Å². The molecule has 0 fully saturated rings. The van der Waals surface area contributed by atoms with Crippen molar-refractivity contribution in [3.05, 3.63) is 88.6 Å². The van der Waals surface area contributed by atoms with Crippen LogP contribution in [-0.2, 0) is 16.1 Å². The molecule has 1 amide bonds. The Hall–Kier alpha value is -4.13. The van der Waals surface area contributed by atoms with E-state index in [-0.39, 0.29) is 17.9 Å². The molecule has 10 heteroatoms. The molecule has 0 aliphatic heterocycles. The molecule has 1 aromatic heterocycles. The van der Waals surface area contributed by atoms with Crippen LogP contribution in [0.25, 0.3) is 0 Å². The minimum absolute atomic E-state index is 0.201. The first-order valence-corrected chi connectivity index (χ1v) is 13.8. The third kappa shape index (κ3) is 10.4. The number of hydrogen-bond donors (Lipinski definition) is 2. The minimum atomic E-state index is -0.360. The zero-order chi connectivity index (χ0) is 29.6. The van der Waals surface area contributed by atoms with Crippen molar-refractivity contribution < 1.29 is 14.3 Å². The van der Waals surface area contributed by atoms with Crippen LogP contribution < -0.4 is 15.4 Å². The molecule has 0 spiro atoms. The maximum Gasteiger partial charge on any atom is 0.244 e. The third-order valence-corrected chi connectivity index (χ3v) is 6.28. The first kappa shape index (κ1) is 31.4. The van der Waals surface area contributed by atoms with Gasteiger partial charge >= 0.3 is 0 Å². The summed E-state index contributed by atoms with van der Waals surface area (Å²) in [6, 6.07) is 13.0. The number of carbonyl (C=O) groups excluding carboxylic acids is 1. The number of nitrogens with zero attached hydrogens (tertiary/aromatic N) is 4. The van der Waals surface area contributed by atoms with Gasteiger partial charge in [0.2, 0.25) is 5.91 Å². The van der Waals surface area contributed by atoms with E-state index in [4.69, 9.17) is 21.1 Å². The summed E-state index contributed by atoms with van der Waals surface area (Å²) >= 11 is 6.51. The molecule has 1 unspecified atom stereocenters. The number of allylic oxidation sites excluding steroid dienone is 1. The molecule has 0 saturated carbocycles. The molecular weight excluding hydrogens is 540 g/mol. The fourth-order valence-electron chi connectivity index (χ4n) is 3.90. The van der Waals surface area contributed by atoms with Crippen LogP contribution in [0.1, 0.15) is 26.0 Å². The predicted octanol–water partition coefficient (Wildman–Crippen LogP) is 5.14. The van der Waals surface area contributed by atoms with Crippen LogP contribution in [0.3, 0.4) is 0 Å². The number of aliphatic imine (C=N–C) groups is 1. The normalized spacial score (nSPS) is 16.0. The second-order valence-electron chi connectivity index (χ2n) is 9.70. The number of nitrogens with one attached hydrogen (secondary N) is 2. The highest BCUT2D eigenvalue weighted by Crippen LogP contribution is 2.30. The molecule has 1 aromatic carbocycles.